The first-order chi connectivity index (χ1) is 14.3. The zero-order valence-corrected chi connectivity index (χ0v) is 15.2. The van der Waals surface area contributed by atoms with Gasteiger partial charge >= 0.3 is 12.1 Å². The molecule has 0 unspecified atom stereocenters. The molecule has 0 aliphatic carbocycles. The molecule has 0 aliphatic heterocycles. The zero-order valence-electron chi connectivity index (χ0n) is 15.2. The Kier molecular flexibility index (Phi) is 5.00. The van der Waals surface area contributed by atoms with Crippen molar-refractivity contribution >= 4 is 21.5 Å². The van der Waals surface area contributed by atoms with E-state index in [0.29, 0.717) is 22.6 Å². The second-order valence-electron chi connectivity index (χ2n) is 6.13. The van der Waals surface area contributed by atoms with Gasteiger partial charge in [0, 0.05) is 20.8 Å². The van der Waals surface area contributed by atoms with E-state index in [9.17, 15) is 10.4 Å². The molecule has 6 heteroatoms. The fourth-order valence-corrected chi connectivity index (χ4v) is 3.22. The molecule has 6 nitrogen and oxygen atoms in total. The van der Waals surface area contributed by atoms with E-state index in [-0.39, 0.29) is 6.79 Å². The number of ether oxygens (including phenoxy) is 2. The van der Waals surface area contributed by atoms with Crippen LogP contribution in [0.4, 0.5) is 0 Å². The highest BCUT2D eigenvalue weighted by molar-refractivity contribution is 5.91. The highest BCUT2D eigenvalue weighted by Crippen LogP contribution is 2.30. The fraction of sp³-hybridized carbons (Fsp3) is 0.0435. The van der Waals surface area contributed by atoms with Crippen LogP contribution in [0.1, 0.15) is 11.1 Å². The van der Waals surface area contributed by atoms with E-state index in [2.05, 4.69) is 22.2 Å². The van der Waals surface area contributed by atoms with Crippen LogP contribution >= 0.6 is 0 Å². The van der Waals surface area contributed by atoms with Gasteiger partial charge in [0.1, 0.15) is 11.5 Å². The van der Waals surface area contributed by atoms with E-state index in [0.717, 1.165) is 21.5 Å². The van der Waals surface area contributed by atoms with Crippen molar-refractivity contribution < 1.29 is 9.47 Å². The predicted molar refractivity (Wildman–Crippen MR) is 113 cm³/mol. The molecule has 0 bridgehead atoms. The van der Waals surface area contributed by atoms with E-state index in [1.165, 1.54) is 0 Å². The molecule has 4 rings (SSSR count). The Morgan fingerprint density at radius 2 is 1.07 bits per heavy atom. The van der Waals surface area contributed by atoms with Gasteiger partial charge in [-0.2, -0.15) is 0 Å². The second kappa shape index (κ2) is 8.08. The first kappa shape index (κ1) is 18.0. The highest BCUT2D eigenvalue weighted by Gasteiger charge is 2.14. The maximum Gasteiger partial charge on any atom is 0.341 e. The highest BCUT2D eigenvalue weighted by atomic mass is 16.7. The quantitative estimate of drug-likeness (QED) is 0.332. The molecule has 4 aromatic carbocycles. The predicted octanol–water partition coefficient (Wildman–Crippen LogP) is 5.77. The standard InChI is InChI=1S/C23H14N2O4/c26-24-13-20-18-7-3-1-5-16(18)9-11-22(20)28-15-29-23-12-10-17-6-2-4-8-19(17)21(23)14-25-27/h1-12H,15H2. The van der Waals surface area contributed by atoms with E-state index in [1.807, 2.05) is 60.7 Å². The summed E-state index contributed by atoms with van der Waals surface area (Å²) in [5.41, 5.74) is 0.904. The monoisotopic (exact) mass is 382 g/mol. The van der Waals surface area contributed by atoms with E-state index < -0.39 is 0 Å². The number of hydrogen-bond acceptors (Lipinski definition) is 4. The number of nitrogens with zero attached hydrogens (tertiary/aromatic N) is 2. The van der Waals surface area contributed by atoms with Crippen LogP contribution in [-0.2, 0) is 0 Å². The molecular weight excluding hydrogens is 368 g/mol. The van der Waals surface area contributed by atoms with Crippen molar-refractivity contribution in [3.63, 3.8) is 0 Å². The van der Waals surface area contributed by atoms with Gasteiger partial charge in [0.15, 0.2) is 11.1 Å². The number of rotatable bonds is 4. The fourth-order valence-electron chi connectivity index (χ4n) is 3.22. The summed E-state index contributed by atoms with van der Waals surface area (Å²) in [6, 6.07) is 27.2. The van der Waals surface area contributed by atoms with Gasteiger partial charge in [0.05, 0.1) is 0 Å². The minimum atomic E-state index is -0.155. The van der Waals surface area contributed by atoms with Crippen LogP contribution in [0.2, 0.25) is 0 Å². The molecule has 0 N–H and O–H groups in total. The summed E-state index contributed by atoms with van der Waals surface area (Å²) in [6.07, 6.45) is 0. The van der Waals surface area contributed by atoms with Crippen molar-refractivity contribution in [2.24, 2.45) is 0 Å². The molecule has 29 heavy (non-hydrogen) atoms. The van der Waals surface area contributed by atoms with Crippen LogP contribution in [0.25, 0.3) is 31.6 Å². The van der Waals surface area contributed by atoms with Crippen LogP contribution in [0.15, 0.2) is 72.8 Å². The molecule has 0 heterocycles. The number of benzene rings is 4. The third kappa shape index (κ3) is 3.55. The van der Waals surface area contributed by atoms with Gasteiger partial charge in [-0.25, -0.2) is 0 Å². The average molecular weight is 382 g/mol. The summed E-state index contributed by atoms with van der Waals surface area (Å²) in [5.74, 6) is 0.819. The Hall–Kier alpha value is -4.42. The SMILES string of the molecule is [O-][N+]#Cc1c(OCOc2ccc3ccccc3c2C#[N+][O-])ccc2ccccc12. The smallest absolute Gasteiger partial charge is 0.341 e. The summed E-state index contributed by atoms with van der Waals surface area (Å²) in [6.45, 7) is -0.155. The molecule has 140 valence electrons. The van der Waals surface area contributed by atoms with Crippen LogP contribution in [0, 0.1) is 22.6 Å². The van der Waals surface area contributed by atoms with Crippen molar-refractivity contribution in [2.75, 3.05) is 6.79 Å². The summed E-state index contributed by atoms with van der Waals surface area (Å²) in [7, 11) is 0. The molecule has 4 aromatic rings. The van der Waals surface area contributed by atoms with Crippen LogP contribution < -0.4 is 9.47 Å². The van der Waals surface area contributed by atoms with Gasteiger partial charge in [0.25, 0.3) is 0 Å². The van der Waals surface area contributed by atoms with Crippen molar-refractivity contribution in [3.8, 4) is 23.6 Å². The molecule has 0 radical (unpaired) electrons. The third-order valence-corrected chi connectivity index (χ3v) is 4.53. The van der Waals surface area contributed by atoms with Gasteiger partial charge in [-0.15, -0.1) is 0 Å². The Labute approximate surface area is 166 Å². The van der Waals surface area contributed by atoms with Crippen molar-refractivity contribution in [2.45, 2.75) is 0 Å². The summed E-state index contributed by atoms with van der Waals surface area (Å²) in [4.78, 5) is 0. The van der Waals surface area contributed by atoms with Crippen molar-refractivity contribution in [1.29, 1.82) is 0 Å². The first-order valence-electron chi connectivity index (χ1n) is 8.77. The van der Waals surface area contributed by atoms with E-state index in [1.54, 1.807) is 12.1 Å². The number of fused-ring (bicyclic) bond motifs is 2. The summed E-state index contributed by atoms with van der Waals surface area (Å²) < 4.78 is 11.5. The van der Waals surface area contributed by atoms with Crippen LogP contribution in [0.5, 0.6) is 11.5 Å². The Balaban J connectivity index is 1.62. The van der Waals surface area contributed by atoms with Crippen molar-refractivity contribution in [3.05, 3.63) is 104 Å². The lowest BCUT2D eigenvalue weighted by Crippen LogP contribution is -2.08. The van der Waals surface area contributed by atoms with Gasteiger partial charge in [0.2, 0.25) is 6.79 Å². The molecule has 0 fully saturated rings. The average Bonchev–Trinajstić information content (AvgIpc) is 2.76. The minimum Gasteiger partial charge on any atom is -0.498 e. The Morgan fingerprint density at radius 1 is 0.621 bits per heavy atom. The summed E-state index contributed by atoms with van der Waals surface area (Å²) >= 11 is 0. The van der Waals surface area contributed by atoms with Gasteiger partial charge in [-0.3, -0.25) is 0 Å². The lowest BCUT2D eigenvalue weighted by molar-refractivity contribution is 0.119. The molecule has 0 saturated heterocycles. The largest absolute Gasteiger partial charge is 0.498 e. The molecule has 0 atom stereocenters. The van der Waals surface area contributed by atoms with Crippen LogP contribution in [0.3, 0.4) is 0 Å². The Bertz CT molecular complexity index is 1220. The lowest BCUT2D eigenvalue weighted by Gasteiger charge is -2.11. The topological polar surface area (TPSA) is 73.3 Å². The maximum atomic E-state index is 10.8. The van der Waals surface area contributed by atoms with E-state index in [4.69, 9.17) is 9.47 Å². The van der Waals surface area contributed by atoms with Gasteiger partial charge in [-0.1, -0.05) is 60.7 Å². The zero-order chi connectivity index (χ0) is 20.1. The second-order valence-corrected chi connectivity index (χ2v) is 6.13. The molecule has 0 amide bonds. The molecule has 0 aliphatic rings. The van der Waals surface area contributed by atoms with Gasteiger partial charge < -0.3 is 19.9 Å². The molecular formula is C23H14N2O4. The molecule has 0 saturated carbocycles. The molecule has 0 spiro atoms. The normalized spacial score (nSPS) is 9.93. The maximum absolute atomic E-state index is 10.8. The molecule has 0 aromatic heterocycles. The van der Waals surface area contributed by atoms with Crippen LogP contribution in [-0.4, -0.2) is 6.79 Å². The number of hydrogen-bond donors (Lipinski definition) is 0. The summed E-state index contributed by atoms with van der Waals surface area (Å²) in [5, 5.41) is 30.6. The van der Waals surface area contributed by atoms with Crippen molar-refractivity contribution in [1.82, 2.24) is 0 Å². The Morgan fingerprint density at radius 3 is 1.52 bits per heavy atom. The first-order valence-corrected chi connectivity index (χ1v) is 8.77. The lowest BCUT2D eigenvalue weighted by atomic mass is 10.0. The van der Waals surface area contributed by atoms with Gasteiger partial charge in [-0.05, 0) is 22.9 Å². The minimum absolute atomic E-state index is 0.155. The third-order valence-electron chi connectivity index (χ3n) is 4.53. The van der Waals surface area contributed by atoms with E-state index >= 15 is 0 Å².